The molecule has 0 N–H and O–H groups in total. The lowest BCUT2D eigenvalue weighted by Gasteiger charge is -2.35. The second kappa shape index (κ2) is 7.30. The highest BCUT2D eigenvalue weighted by Gasteiger charge is 2.27. The molecule has 0 rings (SSSR count). The average molecular weight is 212 g/mol. The minimum atomic E-state index is 0.583. The topological polar surface area (TPSA) is 0 Å². The summed E-state index contributed by atoms with van der Waals surface area (Å²) in [6, 6.07) is 0. The number of hydrogen-bond donors (Lipinski definition) is 0. The van der Waals surface area contributed by atoms with Crippen LogP contribution in [0.4, 0.5) is 0 Å². The number of hydrogen-bond acceptors (Lipinski definition) is 0. The van der Waals surface area contributed by atoms with E-state index in [0.717, 1.165) is 11.8 Å². The molecule has 0 fully saturated rings. The van der Waals surface area contributed by atoms with Crippen molar-refractivity contribution in [1.29, 1.82) is 0 Å². The summed E-state index contributed by atoms with van der Waals surface area (Å²) in [4.78, 5) is 0. The average Bonchev–Trinajstić information content (AvgIpc) is 2.15. The third-order valence-corrected chi connectivity index (χ3v) is 4.04. The van der Waals surface area contributed by atoms with Gasteiger partial charge in [0.1, 0.15) is 0 Å². The van der Waals surface area contributed by atoms with Crippen LogP contribution in [-0.4, -0.2) is 0 Å². The fraction of sp³-hybridized carbons (Fsp3) is 1.00. The highest BCUT2D eigenvalue weighted by atomic mass is 14.3. The molecular weight excluding hydrogens is 180 g/mol. The largest absolute Gasteiger partial charge is 0.0654 e. The van der Waals surface area contributed by atoms with E-state index in [-0.39, 0.29) is 0 Å². The zero-order chi connectivity index (χ0) is 11.9. The maximum Gasteiger partial charge on any atom is -0.0303 e. The summed E-state index contributed by atoms with van der Waals surface area (Å²) < 4.78 is 0. The van der Waals surface area contributed by atoms with Crippen molar-refractivity contribution in [3.63, 3.8) is 0 Å². The molecule has 0 saturated heterocycles. The van der Waals surface area contributed by atoms with Crippen LogP contribution in [0.5, 0.6) is 0 Å². The summed E-state index contributed by atoms with van der Waals surface area (Å²) in [7, 11) is 0. The Bertz CT molecular complexity index is 146. The fourth-order valence-electron chi connectivity index (χ4n) is 2.10. The molecule has 0 aliphatic rings. The monoisotopic (exact) mass is 212 g/mol. The van der Waals surface area contributed by atoms with Crippen molar-refractivity contribution in [2.24, 2.45) is 17.3 Å². The van der Waals surface area contributed by atoms with E-state index in [9.17, 15) is 0 Å². The minimum Gasteiger partial charge on any atom is -0.0654 e. The van der Waals surface area contributed by atoms with Crippen LogP contribution in [0, 0.1) is 17.3 Å². The van der Waals surface area contributed by atoms with Gasteiger partial charge in [0.15, 0.2) is 0 Å². The highest BCUT2D eigenvalue weighted by molar-refractivity contribution is 4.78. The molecule has 0 aromatic heterocycles. The molecule has 0 aromatic rings. The van der Waals surface area contributed by atoms with Gasteiger partial charge in [-0.1, -0.05) is 67.2 Å². The molecule has 0 aliphatic carbocycles. The molecule has 1 atom stereocenters. The molecule has 0 heterocycles. The maximum atomic E-state index is 2.50. The standard InChI is InChI=1S/C15H32/c1-7-8-9-11-15(6,14(4)5)12-10-13(2)3/h13-14H,7-12H2,1-6H3. The van der Waals surface area contributed by atoms with Gasteiger partial charge in [0.05, 0.1) is 0 Å². The molecule has 0 heteroatoms. The van der Waals surface area contributed by atoms with Crippen molar-refractivity contribution in [2.75, 3.05) is 0 Å². The van der Waals surface area contributed by atoms with Crippen molar-refractivity contribution in [3.8, 4) is 0 Å². The zero-order valence-corrected chi connectivity index (χ0v) is 11.9. The minimum absolute atomic E-state index is 0.583. The predicted octanol–water partition coefficient (Wildman–Crippen LogP) is 5.67. The van der Waals surface area contributed by atoms with Gasteiger partial charge in [-0.3, -0.25) is 0 Å². The van der Waals surface area contributed by atoms with Gasteiger partial charge in [-0.2, -0.15) is 0 Å². The van der Waals surface area contributed by atoms with Crippen LogP contribution in [0.3, 0.4) is 0 Å². The summed E-state index contributed by atoms with van der Waals surface area (Å²) in [6.07, 6.45) is 8.39. The first kappa shape index (κ1) is 15.0. The van der Waals surface area contributed by atoms with E-state index < -0.39 is 0 Å². The van der Waals surface area contributed by atoms with Crippen LogP contribution >= 0.6 is 0 Å². The second-order valence-corrected chi connectivity index (χ2v) is 6.20. The summed E-state index contributed by atoms with van der Waals surface area (Å²) in [6.45, 7) is 14.3. The van der Waals surface area contributed by atoms with E-state index in [4.69, 9.17) is 0 Å². The summed E-state index contributed by atoms with van der Waals surface area (Å²) >= 11 is 0. The van der Waals surface area contributed by atoms with Crippen LogP contribution in [0.15, 0.2) is 0 Å². The molecule has 0 nitrogen and oxygen atoms in total. The van der Waals surface area contributed by atoms with E-state index in [0.29, 0.717) is 5.41 Å². The lowest BCUT2D eigenvalue weighted by atomic mass is 9.71. The molecule has 15 heavy (non-hydrogen) atoms. The molecule has 0 aliphatic heterocycles. The third kappa shape index (κ3) is 6.22. The first-order valence-corrected chi connectivity index (χ1v) is 6.92. The van der Waals surface area contributed by atoms with Gasteiger partial charge < -0.3 is 0 Å². The van der Waals surface area contributed by atoms with E-state index in [1.54, 1.807) is 0 Å². The summed E-state index contributed by atoms with van der Waals surface area (Å²) in [5.41, 5.74) is 0.583. The molecule has 0 aromatic carbocycles. The van der Waals surface area contributed by atoms with Crippen LogP contribution in [0.1, 0.15) is 80.1 Å². The molecule has 0 saturated carbocycles. The molecule has 1 unspecified atom stereocenters. The van der Waals surface area contributed by atoms with Gasteiger partial charge in [-0.05, 0) is 30.1 Å². The van der Waals surface area contributed by atoms with Gasteiger partial charge in [-0.25, -0.2) is 0 Å². The lowest BCUT2D eigenvalue weighted by molar-refractivity contribution is 0.163. The van der Waals surface area contributed by atoms with Crippen molar-refractivity contribution in [2.45, 2.75) is 80.1 Å². The van der Waals surface area contributed by atoms with Gasteiger partial charge in [0.25, 0.3) is 0 Å². The Kier molecular flexibility index (Phi) is 7.30. The summed E-state index contributed by atoms with van der Waals surface area (Å²) in [5, 5.41) is 0. The third-order valence-electron chi connectivity index (χ3n) is 4.04. The maximum absolute atomic E-state index is 2.50. The summed E-state index contributed by atoms with van der Waals surface area (Å²) in [5.74, 6) is 1.68. The molecule has 0 radical (unpaired) electrons. The van der Waals surface area contributed by atoms with Gasteiger partial charge in [-0.15, -0.1) is 0 Å². The van der Waals surface area contributed by atoms with Gasteiger partial charge in [0, 0.05) is 0 Å². The molecule has 0 spiro atoms. The van der Waals surface area contributed by atoms with Crippen molar-refractivity contribution >= 4 is 0 Å². The zero-order valence-electron chi connectivity index (χ0n) is 11.9. The van der Waals surface area contributed by atoms with E-state index >= 15 is 0 Å². The smallest absolute Gasteiger partial charge is 0.0303 e. The molecule has 0 bridgehead atoms. The van der Waals surface area contributed by atoms with E-state index in [1.165, 1.54) is 38.5 Å². The Morgan fingerprint density at radius 2 is 1.53 bits per heavy atom. The van der Waals surface area contributed by atoms with E-state index in [1.807, 2.05) is 0 Å². The van der Waals surface area contributed by atoms with Crippen molar-refractivity contribution in [3.05, 3.63) is 0 Å². The van der Waals surface area contributed by atoms with Crippen molar-refractivity contribution in [1.82, 2.24) is 0 Å². The quantitative estimate of drug-likeness (QED) is 0.455. The molecular formula is C15H32. The van der Waals surface area contributed by atoms with Crippen LogP contribution in [-0.2, 0) is 0 Å². The predicted molar refractivity (Wildman–Crippen MR) is 71.2 cm³/mol. The van der Waals surface area contributed by atoms with E-state index in [2.05, 4.69) is 41.5 Å². The Morgan fingerprint density at radius 1 is 0.933 bits per heavy atom. The van der Waals surface area contributed by atoms with Gasteiger partial charge >= 0.3 is 0 Å². The SMILES string of the molecule is CCCCCC(C)(CCC(C)C)C(C)C. The Labute approximate surface area is 97.8 Å². The van der Waals surface area contributed by atoms with Crippen LogP contribution < -0.4 is 0 Å². The Morgan fingerprint density at radius 3 is 1.93 bits per heavy atom. The van der Waals surface area contributed by atoms with Crippen LogP contribution in [0.2, 0.25) is 0 Å². The normalized spacial score (nSPS) is 16.0. The Balaban J connectivity index is 4.07. The molecule has 92 valence electrons. The second-order valence-electron chi connectivity index (χ2n) is 6.20. The van der Waals surface area contributed by atoms with Crippen molar-refractivity contribution < 1.29 is 0 Å². The van der Waals surface area contributed by atoms with Gasteiger partial charge in [0.2, 0.25) is 0 Å². The number of rotatable bonds is 8. The fourth-order valence-corrected chi connectivity index (χ4v) is 2.10. The first-order chi connectivity index (χ1) is 6.92. The number of unbranched alkanes of at least 4 members (excludes halogenated alkanes) is 2. The molecule has 0 amide bonds. The highest BCUT2D eigenvalue weighted by Crippen LogP contribution is 2.38. The lowest BCUT2D eigenvalue weighted by Crippen LogP contribution is -2.24. The van der Waals surface area contributed by atoms with Crippen LogP contribution in [0.25, 0.3) is 0 Å². The first-order valence-electron chi connectivity index (χ1n) is 6.92. The Hall–Kier alpha value is 0.